The van der Waals surface area contributed by atoms with E-state index in [1.165, 1.54) is 5.56 Å². The van der Waals surface area contributed by atoms with Gasteiger partial charge in [-0.25, -0.2) is 18.4 Å². The molecule has 172 valence electrons. The van der Waals surface area contributed by atoms with Gasteiger partial charge in [0, 0.05) is 12.2 Å². The molecule has 0 amide bonds. The van der Waals surface area contributed by atoms with Crippen LogP contribution in [-0.4, -0.2) is 33.5 Å². The van der Waals surface area contributed by atoms with Crippen LogP contribution in [0.5, 0.6) is 11.6 Å². The normalized spacial score (nSPS) is 14.5. The van der Waals surface area contributed by atoms with E-state index in [1.54, 1.807) is 20.8 Å². The second kappa shape index (κ2) is 8.85. The number of unbranched alkanes of at least 4 members (excludes halogenated alkanes) is 1. The standard InChI is InChI=1S/C25H33N3O3S/c1-18-26-22-23(28(18)16-10-11-17-32(29,30)25(2,3)4)20-14-8-9-15-21(20)27-24(22)31-19-12-6-5-7-13-19/h5-7,12-13H,8-11,14-17H2,1-4H3. The smallest absolute Gasteiger partial charge is 0.247 e. The molecule has 1 aliphatic carbocycles. The van der Waals surface area contributed by atoms with E-state index < -0.39 is 14.6 Å². The van der Waals surface area contributed by atoms with Crippen LogP contribution in [0.25, 0.3) is 11.0 Å². The third-order valence-electron chi connectivity index (χ3n) is 6.26. The molecule has 7 heteroatoms. The number of hydrogen-bond acceptors (Lipinski definition) is 5. The van der Waals surface area contributed by atoms with Crippen molar-refractivity contribution in [1.29, 1.82) is 0 Å². The minimum atomic E-state index is -3.10. The molecule has 0 saturated carbocycles. The number of benzene rings is 1. The summed E-state index contributed by atoms with van der Waals surface area (Å²) >= 11 is 0. The van der Waals surface area contributed by atoms with Crippen molar-refractivity contribution >= 4 is 20.9 Å². The molecule has 1 aromatic carbocycles. The average molecular weight is 456 g/mol. The lowest BCUT2D eigenvalue weighted by atomic mass is 9.95. The van der Waals surface area contributed by atoms with Crippen LogP contribution in [0.1, 0.15) is 63.5 Å². The first-order chi connectivity index (χ1) is 15.2. The minimum absolute atomic E-state index is 0.213. The van der Waals surface area contributed by atoms with Gasteiger partial charge in [-0.1, -0.05) is 18.2 Å². The maximum absolute atomic E-state index is 12.5. The number of imidazole rings is 1. The largest absolute Gasteiger partial charge is 0.437 e. The highest BCUT2D eigenvalue weighted by molar-refractivity contribution is 7.92. The highest BCUT2D eigenvalue weighted by atomic mass is 32.2. The highest BCUT2D eigenvalue weighted by Gasteiger charge is 2.28. The Balaban J connectivity index is 1.64. The van der Waals surface area contributed by atoms with Crippen molar-refractivity contribution in [1.82, 2.24) is 14.5 Å². The van der Waals surface area contributed by atoms with Crippen LogP contribution in [-0.2, 0) is 29.2 Å². The van der Waals surface area contributed by atoms with Crippen molar-refractivity contribution in [3.8, 4) is 11.6 Å². The van der Waals surface area contributed by atoms with E-state index in [4.69, 9.17) is 14.7 Å². The topological polar surface area (TPSA) is 74.1 Å². The number of fused-ring (bicyclic) bond motifs is 3. The van der Waals surface area contributed by atoms with Crippen LogP contribution in [0, 0.1) is 6.92 Å². The number of rotatable bonds is 7. The van der Waals surface area contributed by atoms with Crippen LogP contribution >= 0.6 is 0 Å². The summed E-state index contributed by atoms with van der Waals surface area (Å²) in [5.41, 5.74) is 4.28. The van der Waals surface area contributed by atoms with Gasteiger partial charge in [0.05, 0.1) is 16.0 Å². The van der Waals surface area contributed by atoms with Gasteiger partial charge in [-0.15, -0.1) is 0 Å². The summed E-state index contributed by atoms with van der Waals surface area (Å²) in [7, 11) is -3.10. The van der Waals surface area contributed by atoms with E-state index in [0.29, 0.717) is 12.3 Å². The van der Waals surface area contributed by atoms with Gasteiger partial charge < -0.3 is 9.30 Å². The molecule has 6 nitrogen and oxygen atoms in total. The Morgan fingerprint density at radius 2 is 1.75 bits per heavy atom. The van der Waals surface area contributed by atoms with Crippen LogP contribution in [0.2, 0.25) is 0 Å². The van der Waals surface area contributed by atoms with Crippen molar-refractivity contribution in [2.45, 2.75) is 77.5 Å². The molecule has 0 unspecified atom stereocenters. The molecule has 2 heterocycles. The number of sulfone groups is 1. The van der Waals surface area contributed by atoms with Crippen molar-refractivity contribution in [3.63, 3.8) is 0 Å². The Kier molecular flexibility index (Phi) is 6.30. The van der Waals surface area contributed by atoms with Gasteiger partial charge >= 0.3 is 0 Å². The number of para-hydroxylation sites is 1. The summed E-state index contributed by atoms with van der Waals surface area (Å²) in [6.45, 7) is 8.05. The van der Waals surface area contributed by atoms with Gasteiger partial charge in [0.25, 0.3) is 0 Å². The predicted octanol–water partition coefficient (Wildman–Crippen LogP) is 5.40. The summed E-state index contributed by atoms with van der Waals surface area (Å²) in [5, 5.41) is 0. The van der Waals surface area contributed by atoms with Crippen molar-refractivity contribution in [2.75, 3.05) is 5.75 Å². The van der Waals surface area contributed by atoms with Gasteiger partial charge in [-0.3, -0.25) is 0 Å². The summed E-state index contributed by atoms with van der Waals surface area (Å²) in [4.78, 5) is 9.71. The molecule has 3 aromatic rings. The lowest BCUT2D eigenvalue weighted by Crippen LogP contribution is -2.30. The Labute approximate surface area is 191 Å². The lowest BCUT2D eigenvalue weighted by Gasteiger charge is -2.20. The van der Waals surface area contributed by atoms with E-state index >= 15 is 0 Å². The lowest BCUT2D eigenvalue weighted by molar-refractivity contribution is 0.463. The van der Waals surface area contributed by atoms with Gasteiger partial charge in [0.1, 0.15) is 11.6 Å². The van der Waals surface area contributed by atoms with E-state index in [0.717, 1.165) is 67.0 Å². The fourth-order valence-electron chi connectivity index (χ4n) is 4.28. The molecular formula is C25H33N3O3S. The Hall–Kier alpha value is -2.41. The first-order valence-electron chi connectivity index (χ1n) is 11.5. The van der Waals surface area contributed by atoms with Crippen molar-refractivity contribution < 1.29 is 13.2 Å². The van der Waals surface area contributed by atoms with E-state index in [9.17, 15) is 8.42 Å². The monoisotopic (exact) mass is 455 g/mol. The second-order valence-corrected chi connectivity index (χ2v) is 12.5. The number of hydrogen-bond donors (Lipinski definition) is 0. The molecule has 32 heavy (non-hydrogen) atoms. The SMILES string of the molecule is Cc1nc2c(Oc3ccccc3)nc3c(c2n1CCCCS(=O)(=O)C(C)(C)C)CCCC3. The molecule has 0 spiro atoms. The third-order valence-corrected chi connectivity index (χ3v) is 8.95. The maximum atomic E-state index is 12.5. The first-order valence-corrected chi connectivity index (χ1v) is 13.2. The summed E-state index contributed by atoms with van der Waals surface area (Å²) in [6, 6.07) is 9.70. The van der Waals surface area contributed by atoms with Crippen molar-refractivity contribution in [2.24, 2.45) is 0 Å². The summed E-state index contributed by atoms with van der Waals surface area (Å²) in [5.74, 6) is 2.43. The highest BCUT2D eigenvalue weighted by Crippen LogP contribution is 2.35. The predicted molar refractivity (Wildman–Crippen MR) is 128 cm³/mol. The van der Waals surface area contributed by atoms with Crippen LogP contribution in [0.4, 0.5) is 0 Å². The number of aryl methyl sites for hydroxylation is 4. The van der Waals surface area contributed by atoms with Crippen molar-refractivity contribution in [3.05, 3.63) is 47.4 Å². The average Bonchev–Trinajstić information content (AvgIpc) is 3.08. The molecule has 1 aliphatic rings. The second-order valence-electron chi connectivity index (χ2n) is 9.61. The quantitative estimate of drug-likeness (QED) is 0.446. The molecule has 0 saturated heterocycles. The fraction of sp³-hybridized carbons (Fsp3) is 0.520. The molecule has 0 N–H and O–H groups in total. The van der Waals surface area contributed by atoms with Gasteiger partial charge in [-0.05, 0) is 83.9 Å². The van der Waals surface area contributed by atoms with E-state index in [-0.39, 0.29) is 5.75 Å². The number of ether oxygens (including phenoxy) is 1. The van der Waals surface area contributed by atoms with Gasteiger partial charge in [0.2, 0.25) is 5.88 Å². The van der Waals surface area contributed by atoms with Crippen LogP contribution in [0.15, 0.2) is 30.3 Å². The Morgan fingerprint density at radius 1 is 1.03 bits per heavy atom. The van der Waals surface area contributed by atoms with Crippen LogP contribution in [0.3, 0.4) is 0 Å². The number of pyridine rings is 1. The molecule has 0 aliphatic heterocycles. The minimum Gasteiger partial charge on any atom is -0.437 e. The number of aromatic nitrogens is 3. The molecule has 0 bridgehead atoms. The number of nitrogens with zero attached hydrogens (tertiary/aromatic N) is 3. The maximum Gasteiger partial charge on any atom is 0.247 e. The Bertz CT molecular complexity index is 1210. The molecule has 0 fully saturated rings. The zero-order valence-corrected chi connectivity index (χ0v) is 20.3. The summed E-state index contributed by atoms with van der Waals surface area (Å²) in [6.07, 6.45) is 5.65. The van der Waals surface area contributed by atoms with Gasteiger partial charge in [-0.2, -0.15) is 0 Å². The zero-order chi connectivity index (χ0) is 22.9. The van der Waals surface area contributed by atoms with Gasteiger partial charge in [0.15, 0.2) is 15.4 Å². The first kappa shape index (κ1) is 22.8. The zero-order valence-electron chi connectivity index (χ0n) is 19.5. The molecule has 4 rings (SSSR count). The Morgan fingerprint density at radius 3 is 2.47 bits per heavy atom. The molecular weight excluding hydrogens is 422 g/mol. The van der Waals surface area contributed by atoms with E-state index in [1.807, 2.05) is 37.3 Å². The molecule has 2 aromatic heterocycles. The fourth-order valence-corrected chi connectivity index (χ4v) is 5.47. The summed E-state index contributed by atoms with van der Waals surface area (Å²) < 4.78 is 32.6. The van der Waals surface area contributed by atoms with Crippen LogP contribution < -0.4 is 4.74 Å². The van der Waals surface area contributed by atoms with E-state index in [2.05, 4.69) is 4.57 Å². The third kappa shape index (κ3) is 4.53. The molecule has 0 radical (unpaired) electrons. The molecule has 0 atom stereocenters.